The lowest BCUT2D eigenvalue weighted by Crippen LogP contribution is -2.01. The standard InChI is InChI=1S/C15H13BrN2S/c1-9-3-4-11(16)7-12(9)13-10(2)19-14(18-13)15(8-17)5-6-15/h3-4,7H,5-6H2,1-2H3. The molecule has 19 heavy (non-hydrogen) atoms. The lowest BCUT2D eigenvalue weighted by Gasteiger charge is -2.05. The monoisotopic (exact) mass is 332 g/mol. The highest BCUT2D eigenvalue weighted by atomic mass is 79.9. The SMILES string of the molecule is Cc1ccc(Br)cc1-c1nc(C2(C#N)CC2)sc1C. The van der Waals surface area contributed by atoms with Crippen molar-refractivity contribution >= 4 is 27.3 Å². The number of rotatable bonds is 2. The quantitative estimate of drug-likeness (QED) is 0.795. The van der Waals surface area contributed by atoms with Crippen LogP contribution < -0.4 is 0 Å². The fraction of sp³-hybridized carbons (Fsp3) is 0.333. The molecule has 3 rings (SSSR count). The van der Waals surface area contributed by atoms with E-state index in [4.69, 9.17) is 4.98 Å². The zero-order valence-corrected chi connectivity index (χ0v) is 13.2. The minimum Gasteiger partial charge on any atom is -0.239 e. The molecule has 1 heterocycles. The van der Waals surface area contributed by atoms with E-state index in [1.807, 2.05) is 6.07 Å². The van der Waals surface area contributed by atoms with E-state index in [1.165, 1.54) is 10.4 Å². The predicted molar refractivity (Wildman–Crippen MR) is 81.2 cm³/mol. The lowest BCUT2D eigenvalue weighted by molar-refractivity contribution is 0.891. The van der Waals surface area contributed by atoms with Gasteiger partial charge in [-0.1, -0.05) is 22.0 Å². The largest absolute Gasteiger partial charge is 0.239 e. The first-order valence-corrected chi connectivity index (χ1v) is 7.82. The second-order valence-corrected chi connectivity index (χ2v) is 7.20. The summed E-state index contributed by atoms with van der Waals surface area (Å²) in [7, 11) is 0. The summed E-state index contributed by atoms with van der Waals surface area (Å²) in [6, 6.07) is 8.66. The number of halogens is 1. The summed E-state index contributed by atoms with van der Waals surface area (Å²) in [6.45, 7) is 4.18. The second-order valence-electron chi connectivity index (χ2n) is 5.08. The van der Waals surface area contributed by atoms with Gasteiger partial charge in [-0.3, -0.25) is 0 Å². The first-order chi connectivity index (χ1) is 9.05. The number of thiazole rings is 1. The second kappa shape index (κ2) is 4.43. The van der Waals surface area contributed by atoms with Crippen molar-refractivity contribution in [3.8, 4) is 17.3 Å². The van der Waals surface area contributed by atoms with Gasteiger partial charge in [-0.25, -0.2) is 4.98 Å². The van der Waals surface area contributed by atoms with Crippen molar-refractivity contribution in [2.24, 2.45) is 0 Å². The van der Waals surface area contributed by atoms with Crippen LogP contribution in [-0.2, 0) is 5.41 Å². The highest BCUT2D eigenvalue weighted by molar-refractivity contribution is 9.10. The van der Waals surface area contributed by atoms with Gasteiger partial charge in [0.25, 0.3) is 0 Å². The van der Waals surface area contributed by atoms with E-state index in [0.717, 1.165) is 33.6 Å². The molecule has 2 aromatic rings. The molecule has 0 spiro atoms. The molecule has 96 valence electrons. The van der Waals surface area contributed by atoms with Gasteiger partial charge in [0.05, 0.1) is 11.8 Å². The summed E-state index contributed by atoms with van der Waals surface area (Å²) in [4.78, 5) is 5.95. The minimum absolute atomic E-state index is 0.284. The summed E-state index contributed by atoms with van der Waals surface area (Å²) in [5, 5.41) is 10.3. The molecule has 1 aliphatic carbocycles. The van der Waals surface area contributed by atoms with Crippen molar-refractivity contribution in [1.29, 1.82) is 5.26 Å². The molecule has 1 aliphatic rings. The number of nitrogens with zero attached hydrogens (tertiary/aromatic N) is 2. The smallest absolute Gasteiger partial charge is 0.114 e. The summed E-state index contributed by atoms with van der Waals surface area (Å²) >= 11 is 5.18. The maximum Gasteiger partial charge on any atom is 0.114 e. The summed E-state index contributed by atoms with van der Waals surface area (Å²) in [6.07, 6.45) is 1.90. The molecule has 0 radical (unpaired) electrons. The minimum atomic E-state index is -0.284. The molecule has 0 bridgehead atoms. The lowest BCUT2D eigenvalue weighted by atomic mass is 10.1. The van der Waals surface area contributed by atoms with E-state index in [0.29, 0.717) is 0 Å². The van der Waals surface area contributed by atoms with Gasteiger partial charge in [0.2, 0.25) is 0 Å². The topological polar surface area (TPSA) is 36.7 Å². The Kier molecular flexibility index (Phi) is 2.99. The van der Waals surface area contributed by atoms with Crippen molar-refractivity contribution in [1.82, 2.24) is 4.98 Å². The van der Waals surface area contributed by atoms with Crippen LogP contribution in [0.5, 0.6) is 0 Å². The number of aryl methyl sites for hydroxylation is 2. The molecule has 2 nitrogen and oxygen atoms in total. The highest BCUT2D eigenvalue weighted by Crippen LogP contribution is 2.50. The van der Waals surface area contributed by atoms with Gasteiger partial charge in [-0.05, 0) is 44.4 Å². The fourth-order valence-electron chi connectivity index (χ4n) is 2.20. The van der Waals surface area contributed by atoms with Gasteiger partial charge in [0.1, 0.15) is 10.4 Å². The van der Waals surface area contributed by atoms with Crippen LogP contribution in [0.4, 0.5) is 0 Å². The summed E-state index contributed by atoms with van der Waals surface area (Å²) < 4.78 is 1.06. The molecule has 1 aromatic heterocycles. The van der Waals surface area contributed by atoms with Crippen LogP contribution in [0.15, 0.2) is 22.7 Å². The van der Waals surface area contributed by atoms with Crippen molar-refractivity contribution in [2.75, 3.05) is 0 Å². The van der Waals surface area contributed by atoms with E-state index in [-0.39, 0.29) is 5.41 Å². The predicted octanol–water partition coefficient (Wildman–Crippen LogP) is 4.74. The van der Waals surface area contributed by atoms with Crippen molar-refractivity contribution in [3.63, 3.8) is 0 Å². The Labute approximate surface area is 125 Å². The highest BCUT2D eigenvalue weighted by Gasteiger charge is 2.48. The maximum absolute atomic E-state index is 9.29. The molecular formula is C15H13BrN2S. The van der Waals surface area contributed by atoms with Gasteiger partial charge in [-0.15, -0.1) is 11.3 Å². The normalized spacial score (nSPS) is 16.1. The Hall–Kier alpha value is -1.18. The Morgan fingerprint density at radius 1 is 1.37 bits per heavy atom. The Morgan fingerprint density at radius 3 is 2.74 bits per heavy atom. The van der Waals surface area contributed by atoms with Gasteiger partial charge < -0.3 is 0 Å². The zero-order chi connectivity index (χ0) is 13.6. The van der Waals surface area contributed by atoms with Gasteiger partial charge in [0, 0.05) is 14.9 Å². The van der Waals surface area contributed by atoms with Crippen LogP contribution in [0.25, 0.3) is 11.3 Å². The van der Waals surface area contributed by atoms with Crippen molar-refractivity contribution in [2.45, 2.75) is 32.1 Å². The molecule has 0 N–H and O–H groups in total. The molecule has 4 heteroatoms. The number of nitriles is 1. The average molecular weight is 333 g/mol. The van der Waals surface area contributed by atoms with E-state index in [9.17, 15) is 5.26 Å². The molecule has 0 aliphatic heterocycles. The van der Waals surface area contributed by atoms with Crippen molar-refractivity contribution in [3.05, 3.63) is 38.1 Å². The van der Waals surface area contributed by atoms with Crippen LogP contribution in [0.1, 0.15) is 28.3 Å². The van der Waals surface area contributed by atoms with Crippen LogP contribution in [0, 0.1) is 25.2 Å². The number of hydrogen-bond acceptors (Lipinski definition) is 3. The van der Waals surface area contributed by atoms with Crippen LogP contribution in [0.3, 0.4) is 0 Å². The fourth-order valence-corrected chi connectivity index (χ4v) is 3.68. The molecule has 0 atom stereocenters. The first kappa shape index (κ1) is 12.8. The van der Waals surface area contributed by atoms with E-state index in [1.54, 1.807) is 11.3 Å². The number of aromatic nitrogens is 1. The molecule has 1 saturated carbocycles. The van der Waals surface area contributed by atoms with E-state index >= 15 is 0 Å². The number of hydrogen-bond donors (Lipinski definition) is 0. The molecule has 1 aromatic carbocycles. The molecule has 0 amide bonds. The van der Waals surface area contributed by atoms with Crippen molar-refractivity contribution < 1.29 is 0 Å². The van der Waals surface area contributed by atoms with Gasteiger partial charge in [-0.2, -0.15) is 5.26 Å². The van der Waals surface area contributed by atoms with Gasteiger partial charge >= 0.3 is 0 Å². The average Bonchev–Trinajstić information content (AvgIpc) is 3.10. The van der Waals surface area contributed by atoms with E-state index < -0.39 is 0 Å². The Bertz CT molecular complexity index is 693. The third kappa shape index (κ3) is 2.11. The van der Waals surface area contributed by atoms with E-state index in [2.05, 4.69) is 48.0 Å². The molecule has 0 saturated heterocycles. The Morgan fingerprint density at radius 2 is 2.11 bits per heavy atom. The van der Waals surface area contributed by atoms with Gasteiger partial charge in [0.15, 0.2) is 0 Å². The molecule has 1 fully saturated rings. The Balaban J connectivity index is 2.12. The summed E-state index contributed by atoms with van der Waals surface area (Å²) in [5.41, 5.74) is 3.11. The third-order valence-electron chi connectivity index (χ3n) is 3.62. The zero-order valence-electron chi connectivity index (χ0n) is 10.8. The van der Waals surface area contributed by atoms with Crippen LogP contribution >= 0.6 is 27.3 Å². The van der Waals surface area contributed by atoms with Crippen LogP contribution in [-0.4, -0.2) is 4.98 Å². The first-order valence-electron chi connectivity index (χ1n) is 6.21. The molecular weight excluding hydrogens is 320 g/mol. The van der Waals surface area contributed by atoms with Crippen LogP contribution in [0.2, 0.25) is 0 Å². The molecule has 0 unspecified atom stereocenters. The summed E-state index contributed by atoms with van der Waals surface area (Å²) in [5.74, 6) is 0. The number of benzene rings is 1. The third-order valence-corrected chi connectivity index (χ3v) is 5.29. The maximum atomic E-state index is 9.29.